The largest absolute Gasteiger partial charge is 0.496 e. The minimum atomic E-state index is 0.769. The predicted octanol–water partition coefficient (Wildman–Crippen LogP) is 3.20. The Labute approximate surface area is 108 Å². The lowest BCUT2D eigenvalue weighted by Gasteiger charge is -2.11. The molecule has 0 atom stereocenters. The molecule has 1 aromatic rings. The van der Waals surface area contributed by atoms with E-state index in [-0.39, 0.29) is 0 Å². The van der Waals surface area contributed by atoms with Crippen molar-refractivity contribution in [1.29, 1.82) is 0 Å². The molecule has 0 spiro atoms. The number of ether oxygens (including phenoxy) is 1. The average molecular weight is 251 g/mol. The highest BCUT2D eigenvalue weighted by molar-refractivity contribution is 7.98. The highest BCUT2D eigenvalue weighted by Crippen LogP contribution is 2.25. The van der Waals surface area contributed by atoms with E-state index in [1.165, 1.54) is 24.0 Å². The van der Waals surface area contributed by atoms with Crippen LogP contribution in [0.2, 0.25) is 0 Å². The third kappa shape index (κ3) is 3.93. The molecule has 0 bridgehead atoms. The Morgan fingerprint density at radius 2 is 2.24 bits per heavy atom. The summed E-state index contributed by atoms with van der Waals surface area (Å²) in [6.07, 6.45) is 2.68. The van der Waals surface area contributed by atoms with Gasteiger partial charge in [-0.2, -0.15) is 11.8 Å². The summed E-state index contributed by atoms with van der Waals surface area (Å²) in [7, 11) is 1.75. The Balaban J connectivity index is 2.00. The number of hydrogen-bond donors (Lipinski definition) is 1. The standard InChI is InChI=1S/C14H21NOS/c1-3-17-10-12-8-11(4-7-14(12)16-2)9-15-13-5-6-13/h4,7-8,13,15H,3,5-6,9-10H2,1-2H3. The highest BCUT2D eigenvalue weighted by atomic mass is 32.2. The van der Waals surface area contributed by atoms with E-state index in [0.717, 1.165) is 29.8 Å². The summed E-state index contributed by atoms with van der Waals surface area (Å²) in [6, 6.07) is 7.30. The van der Waals surface area contributed by atoms with Crippen LogP contribution in [0.15, 0.2) is 18.2 Å². The Morgan fingerprint density at radius 3 is 2.88 bits per heavy atom. The van der Waals surface area contributed by atoms with Crippen LogP contribution in [0.25, 0.3) is 0 Å². The lowest BCUT2D eigenvalue weighted by Crippen LogP contribution is -2.15. The van der Waals surface area contributed by atoms with Crippen LogP contribution in [0.3, 0.4) is 0 Å². The SMILES string of the molecule is CCSCc1cc(CNC2CC2)ccc1OC. The second-order valence-corrected chi connectivity index (χ2v) is 5.71. The molecule has 0 aromatic heterocycles. The first-order valence-corrected chi connectivity index (χ1v) is 7.46. The normalized spacial score (nSPS) is 14.9. The molecule has 2 rings (SSSR count). The van der Waals surface area contributed by atoms with Gasteiger partial charge in [-0.3, -0.25) is 0 Å². The molecule has 3 heteroatoms. The van der Waals surface area contributed by atoms with Gasteiger partial charge in [-0.05, 0) is 36.3 Å². The van der Waals surface area contributed by atoms with E-state index in [1.54, 1.807) is 7.11 Å². The van der Waals surface area contributed by atoms with Crippen LogP contribution in [0.4, 0.5) is 0 Å². The van der Waals surface area contributed by atoms with E-state index in [0.29, 0.717) is 0 Å². The van der Waals surface area contributed by atoms with Gasteiger partial charge in [0.2, 0.25) is 0 Å². The molecule has 2 nitrogen and oxygen atoms in total. The van der Waals surface area contributed by atoms with Crippen LogP contribution in [0.5, 0.6) is 5.75 Å². The molecule has 0 heterocycles. The van der Waals surface area contributed by atoms with Crippen molar-refractivity contribution in [1.82, 2.24) is 5.32 Å². The second kappa shape index (κ2) is 6.31. The van der Waals surface area contributed by atoms with E-state index in [9.17, 15) is 0 Å². The zero-order chi connectivity index (χ0) is 12.1. The fourth-order valence-electron chi connectivity index (χ4n) is 1.82. The molecular weight excluding hydrogens is 230 g/mol. The van der Waals surface area contributed by atoms with Crippen molar-refractivity contribution < 1.29 is 4.74 Å². The molecule has 1 aliphatic carbocycles. The highest BCUT2D eigenvalue weighted by Gasteiger charge is 2.20. The van der Waals surface area contributed by atoms with Crippen molar-refractivity contribution >= 4 is 11.8 Å². The van der Waals surface area contributed by atoms with Gasteiger partial charge in [-0.1, -0.05) is 13.0 Å². The zero-order valence-electron chi connectivity index (χ0n) is 10.7. The van der Waals surface area contributed by atoms with Gasteiger partial charge in [0.25, 0.3) is 0 Å². The summed E-state index contributed by atoms with van der Waals surface area (Å²) in [5.74, 6) is 3.20. The van der Waals surface area contributed by atoms with Crippen LogP contribution >= 0.6 is 11.8 Å². The van der Waals surface area contributed by atoms with E-state index < -0.39 is 0 Å². The molecule has 0 saturated heterocycles. The fourth-order valence-corrected chi connectivity index (χ4v) is 2.47. The van der Waals surface area contributed by atoms with Crippen molar-refractivity contribution in [3.63, 3.8) is 0 Å². The first kappa shape index (κ1) is 12.8. The number of hydrogen-bond acceptors (Lipinski definition) is 3. The number of nitrogens with one attached hydrogen (secondary N) is 1. The smallest absolute Gasteiger partial charge is 0.122 e. The van der Waals surface area contributed by atoms with Crippen LogP contribution in [-0.4, -0.2) is 18.9 Å². The summed E-state index contributed by atoms with van der Waals surface area (Å²) in [6.45, 7) is 3.17. The van der Waals surface area contributed by atoms with Gasteiger partial charge in [0, 0.05) is 23.9 Å². The summed E-state index contributed by atoms with van der Waals surface area (Å²) in [5.41, 5.74) is 2.68. The van der Waals surface area contributed by atoms with Crippen LogP contribution < -0.4 is 10.1 Å². The van der Waals surface area contributed by atoms with Gasteiger partial charge >= 0.3 is 0 Å². The number of rotatable bonds is 7. The molecular formula is C14H21NOS. The Hall–Kier alpha value is -0.670. The summed E-state index contributed by atoms with van der Waals surface area (Å²) in [4.78, 5) is 0. The Morgan fingerprint density at radius 1 is 1.41 bits per heavy atom. The molecule has 0 amide bonds. The average Bonchev–Trinajstić information content (AvgIpc) is 3.18. The van der Waals surface area contributed by atoms with Crippen molar-refractivity contribution in [3.05, 3.63) is 29.3 Å². The van der Waals surface area contributed by atoms with Crippen molar-refractivity contribution in [2.24, 2.45) is 0 Å². The fraction of sp³-hybridized carbons (Fsp3) is 0.571. The van der Waals surface area contributed by atoms with Crippen LogP contribution in [-0.2, 0) is 12.3 Å². The molecule has 1 aromatic carbocycles. The molecule has 1 fully saturated rings. The summed E-state index contributed by atoms with van der Waals surface area (Å²) >= 11 is 1.94. The third-order valence-electron chi connectivity index (χ3n) is 2.98. The quantitative estimate of drug-likeness (QED) is 0.804. The number of benzene rings is 1. The topological polar surface area (TPSA) is 21.3 Å². The van der Waals surface area contributed by atoms with Gasteiger partial charge in [0.15, 0.2) is 0 Å². The van der Waals surface area contributed by atoms with E-state index in [2.05, 4.69) is 30.4 Å². The first-order valence-electron chi connectivity index (χ1n) is 6.30. The van der Waals surface area contributed by atoms with Gasteiger partial charge in [0.05, 0.1) is 7.11 Å². The number of thioether (sulfide) groups is 1. The monoisotopic (exact) mass is 251 g/mol. The molecule has 0 unspecified atom stereocenters. The van der Waals surface area contributed by atoms with Crippen molar-refractivity contribution in [2.45, 2.75) is 38.1 Å². The first-order chi connectivity index (χ1) is 8.33. The van der Waals surface area contributed by atoms with Crippen molar-refractivity contribution in [2.75, 3.05) is 12.9 Å². The summed E-state index contributed by atoms with van der Waals surface area (Å²) in [5, 5.41) is 3.55. The minimum Gasteiger partial charge on any atom is -0.496 e. The Bertz CT molecular complexity index is 363. The molecule has 94 valence electrons. The lowest BCUT2D eigenvalue weighted by molar-refractivity contribution is 0.411. The predicted molar refractivity (Wildman–Crippen MR) is 74.7 cm³/mol. The van der Waals surface area contributed by atoms with Gasteiger partial charge in [-0.15, -0.1) is 0 Å². The molecule has 1 N–H and O–H groups in total. The molecule has 0 radical (unpaired) electrons. The minimum absolute atomic E-state index is 0.769. The van der Waals surface area contributed by atoms with Gasteiger partial charge < -0.3 is 10.1 Å². The van der Waals surface area contributed by atoms with Crippen LogP contribution in [0.1, 0.15) is 30.9 Å². The number of methoxy groups -OCH3 is 1. The lowest BCUT2D eigenvalue weighted by atomic mass is 10.1. The van der Waals surface area contributed by atoms with Gasteiger partial charge in [-0.25, -0.2) is 0 Å². The van der Waals surface area contributed by atoms with Crippen LogP contribution in [0, 0.1) is 0 Å². The van der Waals surface area contributed by atoms with Crippen molar-refractivity contribution in [3.8, 4) is 5.75 Å². The molecule has 1 aliphatic rings. The van der Waals surface area contributed by atoms with Gasteiger partial charge in [0.1, 0.15) is 5.75 Å². The second-order valence-electron chi connectivity index (χ2n) is 4.44. The van der Waals surface area contributed by atoms with E-state index in [4.69, 9.17) is 4.74 Å². The zero-order valence-corrected chi connectivity index (χ0v) is 11.5. The Kier molecular flexibility index (Phi) is 4.75. The van der Waals surface area contributed by atoms with E-state index in [1.807, 2.05) is 11.8 Å². The maximum absolute atomic E-state index is 5.40. The third-order valence-corrected chi connectivity index (χ3v) is 3.90. The maximum Gasteiger partial charge on any atom is 0.122 e. The molecule has 17 heavy (non-hydrogen) atoms. The van der Waals surface area contributed by atoms with E-state index >= 15 is 0 Å². The molecule has 1 saturated carbocycles. The maximum atomic E-state index is 5.40. The summed E-state index contributed by atoms with van der Waals surface area (Å²) < 4.78 is 5.40. The molecule has 0 aliphatic heterocycles.